The lowest BCUT2D eigenvalue weighted by Crippen LogP contribution is -2.48. The zero-order valence-electron chi connectivity index (χ0n) is 11.4. The normalized spacial score (nSPS) is 30.6. The lowest BCUT2D eigenvalue weighted by molar-refractivity contribution is -0.127. The van der Waals surface area contributed by atoms with Gasteiger partial charge >= 0.3 is 0 Å². The van der Waals surface area contributed by atoms with E-state index >= 15 is 0 Å². The number of amides is 1. The van der Waals surface area contributed by atoms with Crippen molar-refractivity contribution >= 4 is 5.91 Å². The van der Waals surface area contributed by atoms with Crippen molar-refractivity contribution in [1.29, 1.82) is 0 Å². The lowest BCUT2D eigenvalue weighted by Gasteiger charge is -2.25. The second-order valence-electron chi connectivity index (χ2n) is 5.35. The fraction of sp³-hybridized carbons (Fsp3) is 0.923. The smallest absolute Gasteiger partial charge is 0.223 e. The largest absolute Gasteiger partial charge is 0.375 e. The predicted octanol–water partition coefficient (Wildman–Crippen LogP) is -0.179. The van der Waals surface area contributed by atoms with Crippen LogP contribution in [0.5, 0.6) is 0 Å². The summed E-state index contributed by atoms with van der Waals surface area (Å²) in [5.74, 6) is 0.390. The third kappa shape index (κ3) is 3.43. The second-order valence-corrected chi connectivity index (χ2v) is 5.35. The molecule has 0 unspecified atom stereocenters. The number of nitrogens with one attached hydrogen (secondary N) is 2. The SMILES string of the molecule is CCO[C@H]1CN(C)C[C@@H]1NC(=O)C1CCNCC1. The monoisotopic (exact) mass is 255 g/mol. The average molecular weight is 255 g/mol. The number of carbonyl (C=O) groups is 1. The summed E-state index contributed by atoms with van der Waals surface area (Å²) < 4.78 is 5.71. The van der Waals surface area contributed by atoms with Crippen LogP contribution >= 0.6 is 0 Å². The van der Waals surface area contributed by atoms with Gasteiger partial charge in [0.1, 0.15) is 0 Å². The Hall–Kier alpha value is -0.650. The molecule has 0 aliphatic carbocycles. The van der Waals surface area contributed by atoms with Gasteiger partial charge in [0.15, 0.2) is 0 Å². The summed E-state index contributed by atoms with van der Waals surface area (Å²) in [6.45, 7) is 6.42. The minimum Gasteiger partial charge on any atom is -0.375 e. The van der Waals surface area contributed by atoms with Crippen molar-refractivity contribution in [2.75, 3.05) is 39.8 Å². The van der Waals surface area contributed by atoms with E-state index < -0.39 is 0 Å². The molecule has 0 saturated carbocycles. The Morgan fingerprint density at radius 1 is 1.39 bits per heavy atom. The first-order valence-electron chi connectivity index (χ1n) is 7.02. The first-order valence-corrected chi connectivity index (χ1v) is 7.02. The molecule has 0 aromatic carbocycles. The molecule has 0 spiro atoms. The first kappa shape index (κ1) is 13.8. The van der Waals surface area contributed by atoms with Crippen LogP contribution in [0.4, 0.5) is 0 Å². The van der Waals surface area contributed by atoms with Crippen LogP contribution in [0, 0.1) is 5.92 Å². The van der Waals surface area contributed by atoms with E-state index in [1.807, 2.05) is 6.92 Å². The molecule has 2 rings (SSSR count). The number of likely N-dealkylation sites (N-methyl/N-ethyl adjacent to an activating group) is 1. The fourth-order valence-corrected chi connectivity index (χ4v) is 2.87. The molecule has 2 atom stereocenters. The molecular formula is C13H25N3O2. The van der Waals surface area contributed by atoms with Gasteiger partial charge in [-0.1, -0.05) is 0 Å². The highest BCUT2D eigenvalue weighted by atomic mass is 16.5. The Kier molecular flexibility index (Phi) is 4.97. The van der Waals surface area contributed by atoms with Crippen LogP contribution in [0.2, 0.25) is 0 Å². The predicted molar refractivity (Wildman–Crippen MR) is 70.4 cm³/mol. The molecule has 2 fully saturated rings. The number of ether oxygens (including phenoxy) is 1. The van der Waals surface area contributed by atoms with Gasteiger partial charge in [-0.15, -0.1) is 0 Å². The van der Waals surface area contributed by atoms with E-state index in [2.05, 4.69) is 22.6 Å². The summed E-state index contributed by atoms with van der Waals surface area (Å²) in [6.07, 6.45) is 2.05. The highest BCUT2D eigenvalue weighted by Crippen LogP contribution is 2.16. The number of hydrogen-bond donors (Lipinski definition) is 2. The number of likely N-dealkylation sites (tertiary alicyclic amines) is 1. The highest BCUT2D eigenvalue weighted by molar-refractivity contribution is 5.79. The van der Waals surface area contributed by atoms with Gasteiger partial charge in [-0.2, -0.15) is 0 Å². The van der Waals surface area contributed by atoms with Crippen LogP contribution in [-0.4, -0.2) is 62.8 Å². The number of rotatable bonds is 4. The minimum absolute atomic E-state index is 0.144. The van der Waals surface area contributed by atoms with Crippen molar-refractivity contribution in [3.8, 4) is 0 Å². The van der Waals surface area contributed by atoms with Crippen LogP contribution in [0.3, 0.4) is 0 Å². The summed E-state index contributed by atoms with van der Waals surface area (Å²) in [7, 11) is 2.07. The molecular weight excluding hydrogens is 230 g/mol. The summed E-state index contributed by atoms with van der Waals surface area (Å²) in [5, 5.41) is 6.47. The van der Waals surface area contributed by atoms with Gasteiger partial charge in [-0.25, -0.2) is 0 Å². The first-order chi connectivity index (χ1) is 8.70. The molecule has 18 heavy (non-hydrogen) atoms. The molecule has 2 aliphatic rings. The van der Waals surface area contributed by atoms with Gasteiger partial charge in [-0.05, 0) is 39.9 Å². The van der Waals surface area contributed by atoms with Gasteiger partial charge in [0, 0.05) is 25.6 Å². The van der Waals surface area contributed by atoms with Gasteiger partial charge in [-0.3, -0.25) is 4.79 Å². The topological polar surface area (TPSA) is 53.6 Å². The third-order valence-corrected chi connectivity index (χ3v) is 3.87. The average Bonchev–Trinajstić information content (AvgIpc) is 2.71. The van der Waals surface area contributed by atoms with E-state index in [-0.39, 0.29) is 24.0 Å². The molecule has 0 aromatic heterocycles. The van der Waals surface area contributed by atoms with E-state index in [4.69, 9.17) is 4.74 Å². The number of carbonyl (C=O) groups excluding carboxylic acids is 1. The van der Waals surface area contributed by atoms with Gasteiger partial charge < -0.3 is 20.3 Å². The maximum Gasteiger partial charge on any atom is 0.223 e. The summed E-state index contributed by atoms with van der Waals surface area (Å²) in [4.78, 5) is 14.4. The van der Waals surface area contributed by atoms with E-state index in [9.17, 15) is 4.79 Å². The lowest BCUT2D eigenvalue weighted by atomic mass is 9.97. The molecule has 0 bridgehead atoms. The number of nitrogens with zero attached hydrogens (tertiary/aromatic N) is 1. The maximum atomic E-state index is 12.2. The van der Waals surface area contributed by atoms with E-state index in [1.165, 1.54) is 0 Å². The molecule has 0 radical (unpaired) electrons. The number of hydrogen-bond acceptors (Lipinski definition) is 4. The summed E-state index contributed by atoms with van der Waals surface area (Å²) >= 11 is 0. The van der Waals surface area contributed by atoms with Crippen LogP contribution in [0.15, 0.2) is 0 Å². The Morgan fingerprint density at radius 2 is 2.11 bits per heavy atom. The Balaban J connectivity index is 1.84. The molecule has 5 heteroatoms. The molecule has 5 nitrogen and oxygen atoms in total. The zero-order chi connectivity index (χ0) is 13.0. The van der Waals surface area contributed by atoms with Crippen LogP contribution < -0.4 is 10.6 Å². The Morgan fingerprint density at radius 3 is 2.78 bits per heavy atom. The molecule has 2 N–H and O–H groups in total. The molecule has 104 valence electrons. The zero-order valence-corrected chi connectivity index (χ0v) is 11.4. The van der Waals surface area contributed by atoms with Gasteiger partial charge in [0.25, 0.3) is 0 Å². The Labute approximate surface area is 109 Å². The van der Waals surface area contributed by atoms with E-state index in [0.29, 0.717) is 6.61 Å². The van der Waals surface area contributed by atoms with Crippen LogP contribution in [-0.2, 0) is 9.53 Å². The number of piperidine rings is 1. The quantitative estimate of drug-likeness (QED) is 0.732. The molecule has 2 saturated heterocycles. The molecule has 2 heterocycles. The highest BCUT2D eigenvalue weighted by Gasteiger charge is 2.34. The maximum absolute atomic E-state index is 12.2. The van der Waals surface area contributed by atoms with Gasteiger partial charge in [0.05, 0.1) is 12.1 Å². The Bertz CT molecular complexity index is 279. The van der Waals surface area contributed by atoms with Crippen molar-refractivity contribution in [2.24, 2.45) is 5.92 Å². The van der Waals surface area contributed by atoms with E-state index in [0.717, 1.165) is 39.0 Å². The molecule has 1 amide bonds. The standard InChI is InChI=1S/C13H25N3O2/c1-3-18-12-9-16(2)8-11(12)15-13(17)10-4-6-14-7-5-10/h10-12,14H,3-9H2,1-2H3,(H,15,17)/t11-,12-/m0/s1. The van der Waals surface area contributed by atoms with Crippen molar-refractivity contribution in [3.05, 3.63) is 0 Å². The fourth-order valence-electron chi connectivity index (χ4n) is 2.87. The van der Waals surface area contributed by atoms with Crippen molar-refractivity contribution < 1.29 is 9.53 Å². The van der Waals surface area contributed by atoms with E-state index in [1.54, 1.807) is 0 Å². The molecule has 0 aromatic rings. The van der Waals surface area contributed by atoms with Crippen LogP contribution in [0.1, 0.15) is 19.8 Å². The minimum atomic E-state index is 0.144. The van der Waals surface area contributed by atoms with Gasteiger partial charge in [0.2, 0.25) is 5.91 Å². The second kappa shape index (κ2) is 6.50. The third-order valence-electron chi connectivity index (χ3n) is 3.87. The van der Waals surface area contributed by atoms with Crippen LogP contribution in [0.25, 0.3) is 0 Å². The van der Waals surface area contributed by atoms with Crippen molar-refractivity contribution in [1.82, 2.24) is 15.5 Å². The van der Waals surface area contributed by atoms with Crippen molar-refractivity contribution in [2.45, 2.75) is 31.9 Å². The molecule has 2 aliphatic heterocycles. The summed E-state index contributed by atoms with van der Waals surface area (Å²) in [6, 6.07) is 0.150. The summed E-state index contributed by atoms with van der Waals surface area (Å²) in [5.41, 5.74) is 0. The van der Waals surface area contributed by atoms with Crippen molar-refractivity contribution in [3.63, 3.8) is 0 Å².